The van der Waals surface area contributed by atoms with Crippen LogP contribution in [0.3, 0.4) is 0 Å². The van der Waals surface area contributed by atoms with E-state index in [0.717, 1.165) is 0 Å². The largest absolute Gasteiger partial charge is 0.351 e. The Labute approximate surface area is 87.3 Å². The number of hydrogen-bond donors (Lipinski definition) is 1. The van der Waals surface area contributed by atoms with Gasteiger partial charge in [0, 0.05) is 11.0 Å². The van der Waals surface area contributed by atoms with Crippen molar-refractivity contribution in [1.82, 2.24) is 0 Å². The summed E-state index contributed by atoms with van der Waals surface area (Å²) in [6.45, 7) is 11.0. The zero-order chi connectivity index (χ0) is 10.9. The van der Waals surface area contributed by atoms with Gasteiger partial charge in [-0.25, -0.2) is 0 Å². The molecule has 0 saturated carbocycles. The lowest BCUT2D eigenvalue weighted by molar-refractivity contribution is -0.450. The first kappa shape index (κ1) is 11.3. The minimum atomic E-state index is 0.238. The van der Waals surface area contributed by atoms with E-state index in [2.05, 4.69) is 58.6 Å². The molecule has 78 valence electrons. The lowest BCUT2D eigenvalue weighted by atomic mass is 9.82. The number of hydrogen-bond acceptors (Lipinski definition) is 0. The summed E-state index contributed by atoms with van der Waals surface area (Å²) in [6, 6.07) is 7.01. The molecule has 0 aliphatic rings. The lowest BCUT2D eigenvalue weighted by Crippen LogP contribution is -2.59. The van der Waals surface area contributed by atoms with E-state index in [-0.39, 0.29) is 5.41 Å². The molecule has 3 N–H and O–H groups in total. The first-order chi connectivity index (χ1) is 6.32. The molecule has 1 aromatic carbocycles. The van der Waals surface area contributed by atoms with Gasteiger partial charge in [-0.2, -0.15) is 0 Å². The van der Waals surface area contributed by atoms with Gasteiger partial charge in [0.05, 0.1) is 0 Å². The van der Waals surface area contributed by atoms with Crippen molar-refractivity contribution >= 4 is 0 Å². The van der Waals surface area contributed by atoms with E-state index in [1.54, 1.807) is 0 Å². The van der Waals surface area contributed by atoms with Crippen molar-refractivity contribution in [2.75, 3.05) is 0 Å². The van der Waals surface area contributed by atoms with Crippen LogP contribution in [-0.2, 0) is 0 Å². The van der Waals surface area contributed by atoms with E-state index in [4.69, 9.17) is 0 Å². The first-order valence-corrected chi connectivity index (χ1v) is 5.22. The molecule has 1 atom stereocenters. The summed E-state index contributed by atoms with van der Waals surface area (Å²) in [5.41, 5.74) is 8.55. The average molecular weight is 192 g/mol. The first-order valence-electron chi connectivity index (χ1n) is 5.22. The number of rotatable bonds is 1. The number of benzene rings is 1. The highest BCUT2D eigenvalue weighted by atomic mass is 14.7. The molecule has 1 rings (SSSR count). The van der Waals surface area contributed by atoms with Gasteiger partial charge in [-0.3, -0.25) is 0 Å². The minimum absolute atomic E-state index is 0.238. The van der Waals surface area contributed by atoms with E-state index < -0.39 is 0 Å². The summed E-state index contributed by atoms with van der Waals surface area (Å²) in [7, 11) is 0. The summed E-state index contributed by atoms with van der Waals surface area (Å²) in [5.74, 6) is 0. The van der Waals surface area contributed by atoms with Crippen molar-refractivity contribution in [1.29, 1.82) is 0 Å². The molecule has 1 aromatic rings. The Morgan fingerprint density at radius 2 is 1.64 bits per heavy atom. The van der Waals surface area contributed by atoms with Gasteiger partial charge < -0.3 is 5.73 Å². The van der Waals surface area contributed by atoms with Crippen molar-refractivity contribution in [3.05, 3.63) is 34.9 Å². The fourth-order valence-electron chi connectivity index (χ4n) is 1.48. The Hall–Kier alpha value is -0.820. The summed E-state index contributed by atoms with van der Waals surface area (Å²) in [4.78, 5) is 0. The van der Waals surface area contributed by atoms with E-state index in [9.17, 15) is 0 Å². The van der Waals surface area contributed by atoms with Crippen molar-refractivity contribution in [2.45, 2.75) is 40.7 Å². The molecule has 0 aromatic heterocycles. The van der Waals surface area contributed by atoms with Crippen LogP contribution in [0.25, 0.3) is 0 Å². The van der Waals surface area contributed by atoms with Gasteiger partial charge in [0.2, 0.25) is 0 Å². The zero-order valence-electron chi connectivity index (χ0n) is 10.0. The molecule has 0 aliphatic heterocycles. The molecule has 0 fully saturated rings. The maximum Gasteiger partial charge on any atom is 0.115 e. The topological polar surface area (TPSA) is 27.6 Å². The van der Waals surface area contributed by atoms with Gasteiger partial charge in [0.1, 0.15) is 6.04 Å². The van der Waals surface area contributed by atoms with Gasteiger partial charge in [-0.15, -0.1) is 0 Å². The Bertz CT molecular complexity index is 320. The second kappa shape index (κ2) is 3.74. The maximum atomic E-state index is 4.25. The normalized spacial score (nSPS) is 14.1. The van der Waals surface area contributed by atoms with Crippen LogP contribution < -0.4 is 5.73 Å². The highest BCUT2D eigenvalue weighted by molar-refractivity contribution is 5.31. The third kappa shape index (κ3) is 2.36. The van der Waals surface area contributed by atoms with Crippen LogP contribution in [0.5, 0.6) is 0 Å². The van der Waals surface area contributed by atoms with Crippen LogP contribution in [0.15, 0.2) is 18.2 Å². The third-order valence-corrected chi connectivity index (χ3v) is 2.98. The minimum Gasteiger partial charge on any atom is -0.351 e. The maximum absolute atomic E-state index is 4.25. The molecular weight excluding hydrogens is 170 g/mol. The average Bonchev–Trinajstić information content (AvgIpc) is 2.07. The van der Waals surface area contributed by atoms with Crippen molar-refractivity contribution in [3.63, 3.8) is 0 Å². The van der Waals surface area contributed by atoms with Gasteiger partial charge in [0.15, 0.2) is 0 Å². The predicted molar refractivity (Wildman–Crippen MR) is 61.0 cm³/mol. The summed E-state index contributed by atoms with van der Waals surface area (Å²) >= 11 is 0. The molecule has 14 heavy (non-hydrogen) atoms. The second-order valence-corrected chi connectivity index (χ2v) is 5.26. The Morgan fingerprint density at radius 3 is 2.07 bits per heavy atom. The van der Waals surface area contributed by atoms with Gasteiger partial charge >= 0.3 is 0 Å². The fourth-order valence-corrected chi connectivity index (χ4v) is 1.48. The van der Waals surface area contributed by atoms with E-state index in [0.29, 0.717) is 6.04 Å². The van der Waals surface area contributed by atoms with Gasteiger partial charge in [-0.1, -0.05) is 32.9 Å². The van der Waals surface area contributed by atoms with Crippen molar-refractivity contribution < 1.29 is 5.73 Å². The predicted octanol–water partition coefficient (Wildman–Crippen LogP) is 2.63. The molecule has 1 nitrogen and oxygen atoms in total. The van der Waals surface area contributed by atoms with E-state index in [1.165, 1.54) is 16.7 Å². The molecule has 0 amide bonds. The van der Waals surface area contributed by atoms with Crippen molar-refractivity contribution in [2.24, 2.45) is 5.41 Å². The SMILES string of the molecule is Cc1ccc(C([NH3+])C(C)(C)C)cc1C. The molecular formula is C13H22N+. The Morgan fingerprint density at radius 1 is 1.07 bits per heavy atom. The van der Waals surface area contributed by atoms with Gasteiger partial charge in [0.25, 0.3) is 0 Å². The Balaban J connectivity index is 3.03. The molecule has 0 bridgehead atoms. The highest BCUT2D eigenvalue weighted by Crippen LogP contribution is 2.29. The van der Waals surface area contributed by atoms with Crippen LogP contribution in [0, 0.1) is 19.3 Å². The molecule has 1 unspecified atom stereocenters. The molecule has 0 spiro atoms. The number of aryl methyl sites for hydroxylation is 2. The third-order valence-electron chi connectivity index (χ3n) is 2.98. The van der Waals surface area contributed by atoms with Crippen LogP contribution in [0.4, 0.5) is 0 Å². The standard InChI is InChI=1S/C13H21N/c1-9-6-7-11(8-10(9)2)12(14)13(3,4)5/h6-8,12H,14H2,1-5H3/p+1. The molecule has 0 saturated heterocycles. The zero-order valence-corrected chi connectivity index (χ0v) is 10.0. The van der Waals surface area contributed by atoms with Crippen LogP contribution in [-0.4, -0.2) is 0 Å². The van der Waals surface area contributed by atoms with E-state index in [1.807, 2.05) is 0 Å². The number of quaternary nitrogens is 1. The fraction of sp³-hybridized carbons (Fsp3) is 0.538. The molecule has 1 heteroatoms. The Kier molecular flexibility index (Phi) is 3.01. The summed E-state index contributed by atoms with van der Waals surface area (Å²) in [5, 5.41) is 0. The van der Waals surface area contributed by atoms with Crippen LogP contribution in [0.1, 0.15) is 43.5 Å². The molecule has 0 aliphatic carbocycles. The van der Waals surface area contributed by atoms with Gasteiger partial charge in [-0.05, 0) is 31.0 Å². The van der Waals surface area contributed by atoms with Crippen LogP contribution in [0.2, 0.25) is 0 Å². The quantitative estimate of drug-likeness (QED) is 0.708. The summed E-state index contributed by atoms with van der Waals surface area (Å²) < 4.78 is 0. The van der Waals surface area contributed by atoms with Crippen molar-refractivity contribution in [3.8, 4) is 0 Å². The van der Waals surface area contributed by atoms with E-state index >= 15 is 0 Å². The molecule has 0 radical (unpaired) electrons. The highest BCUT2D eigenvalue weighted by Gasteiger charge is 2.25. The summed E-state index contributed by atoms with van der Waals surface area (Å²) in [6.07, 6.45) is 0. The smallest absolute Gasteiger partial charge is 0.115 e. The second-order valence-electron chi connectivity index (χ2n) is 5.26. The van der Waals surface area contributed by atoms with Crippen LogP contribution >= 0.6 is 0 Å². The molecule has 0 heterocycles. The monoisotopic (exact) mass is 192 g/mol. The lowest BCUT2D eigenvalue weighted by Gasteiger charge is -2.24.